The zero-order chi connectivity index (χ0) is 9.14. The number of carbonyl (C=O) groups is 3. The second kappa shape index (κ2) is 3.47. The van der Waals surface area contributed by atoms with Crippen LogP contribution in [0.5, 0.6) is 0 Å². The first-order valence-corrected chi connectivity index (χ1v) is 4.00. The summed E-state index contributed by atoms with van der Waals surface area (Å²) in [6.45, 7) is 1.97. The Morgan fingerprint density at radius 1 is 1.50 bits per heavy atom. The molecule has 1 fully saturated rings. The summed E-state index contributed by atoms with van der Waals surface area (Å²) in [7, 11) is 0. The fourth-order valence-electron chi connectivity index (χ4n) is 1.17. The average molecular weight is 169 g/mol. The predicted molar refractivity (Wildman–Crippen MR) is 41.3 cm³/mol. The number of piperidine rings is 1. The summed E-state index contributed by atoms with van der Waals surface area (Å²) < 4.78 is 0. The summed E-state index contributed by atoms with van der Waals surface area (Å²) in [6, 6.07) is 0. The number of hydrogen-bond donors (Lipinski definition) is 0. The van der Waals surface area contributed by atoms with Crippen LogP contribution in [0.1, 0.15) is 26.2 Å². The van der Waals surface area contributed by atoms with E-state index in [9.17, 15) is 14.4 Å². The molecule has 0 aromatic rings. The number of rotatable bonds is 1. The highest BCUT2D eigenvalue weighted by molar-refractivity contribution is 6.06. The smallest absolute Gasteiger partial charge is 0.236 e. The highest BCUT2D eigenvalue weighted by atomic mass is 16.2. The van der Waals surface area contributed by atoms with Gasteiger partial charge in [0, 0.05) is 19.4 Å². The van der Waals surface area contributed by atoms with Crippen LogP contribution in [-0.4, -0.2) is 29.0 Å². The number of hydrogen-bond acceptors (Lipinski definition) is 3. The van der Waals surface area contributed by atoms with E-state index in [1.54, 1.807) is 6.92 Å². The van der Waals surface area contributed by atoms with Gasteiger partial charge in [0.1, 0.15) is 5.78 Å². The maximum absolute atomic E-state index is 11.1. The van der Waals surface area contributed by atoms with Gasteiger partial charge in [-0.05, 0) is 0 Å². The van der Waals surface area contributed by atoms with Crippen molar-refractivity contribution < 1.29 is 14.4 Å². The molecule has 1 aliphatic heterocycles. The SMILES string of the molecule is CCC(=O)N1CCC(=O)CC1=O. The summed E-state index contributed by atoms with van der Waals surface area (Å²) in [5.74, 6) is -0.606. The number of ketones is 1. The molecule has 4 heteroatoms. The fraction of sp³-hybridized carbons (Fsp3) is 0.625. The van der Waals surface area contributed by atoms with Crippen molar-refractivity contribution in [3.63, 3.8) is 0 Å². The molecule has 0 atom stereocenters. The molecule has 1 saturated heterocycles. The van der Waals surface area contributed by atoms with E-state index < -0.39 is 0 Å². The number of Topliss-reactive ketones (excluding diaryl/α,β-unsaturated/α-hetero) is 1. The van der Waals surface area contributed by atoms with Gasteiger partial charge in [0.25, 0.3) is 0 Å². The zero-order valence-electron chi connectivity index (χ0n) is 7.00. The third-order valence-electron chi connectivity index (χ3n) is 1.87. The van der Waals surface area contributed by atoms with Crippen molar-refractivity contribution in [1.82, 2.24) is 4.90 Å². The molecule has 1 heterocycles. The van der Waals surface area contributed by atoms with Gasteiger partial charge in [-0.25, -0.2) is 0 Å². The summed E-state index contributed by atoms with van der Waals surface area (Å²) in [4.78, 5) is 34.1. The first-order valence-electron chi connectivity index (χ1n) is 4.00. The highest BCUT2D eigenvalue weighted by Crippen LogP contribution is 2.08. The van der Waals surface area contributed by atoms with Crippen molar-refractivity contribution in [2.24, 2.45) is 0 Å². The van der Waals surface area contributed by atoms with Crippen LogP contribution in [0.4, 0.5) is 0 Å². The molecule has 12 heavy (non-hydrogen) atoms. The predicted octanol–water partition coefficient (Wildman–Crippen LogP) is 0.114. The molecule has 1 aliphatic rings. The molecule has 0 aromatic carbocycles. The molecule has 0 saturated carbocycles. The van der Waals surface area contributed by atoms with Crippen molar-refractivity contribution in [3.05, 3.63) is 0 Å². The number of carbonyl (C=O) groups excluding carboxylic acids is 3. The zero-order valence-corrected chi connectivity index (χ0v) is 7.00. The van der Waals surface area contributed by atoms with Gasteiger partial charge in [-0.15, -0.1) is 0 Å². The van der Waals surface area contributed by atoms with Gasteiger partial charge in [0.2, 0.25) is 11.8 Å². The second-order valence-electron chi connectivity index (χ2n) is 2.76. The summed E-state index contributed by atoms with van der Waals surface area (Å²) >= 11 is 0. The monoisotopic (exact) mass is 169 g/mol. The lowest BCUT2D eigenvalue weighted by Crippen LogP contribution is -2.42. The van der Waals surface area contributed by atoms with Crippen LogP contribution in [0.15, 0.2) is 0 Å². The Balaban J connectivity index is 2.62. The number of likely N-dealkylation sites (tertiary alicyclic amines) is 1. The minimum atomic E-state index is -0.349. The van der Waals surface area contributed by atoms with Crippen LogP contribution in [0.2, 0.25) is 0 Å². The van der Waals surface area contributed by atoms with Crippen LogP contribution in [0, 0.1) is 0 Å². The van der Waals surface area contributed by atoms with Crippen LogP contribution in [0.3, 0.4) is 0 Å². The van der Waals surface area contributed by atoms with Crippen molar-refractivity contribution in [1.29, 1.82) is 0 Å². The van der Waals surface area contributed by atoms with E-state index in [2.05, 4.69) is 0 Å². The molecule has 0 N–H and O–H groups in total. The molecule has 66 valence electrons. The van der Waals surface area contributed by atoms with Crippen molar-refractivity contribution >= 4 is 17.6 Å². The fourth-order valence-corrected chi connectivity index (χ4v) is 1.17. The lowest BCUT2D eigenvalue weighted by Gasteiger charge is -2.23. The number of imide groups is 1. The van der Waals surface area contributed by atoms with Gasteiger partial charge in [-0.2, -0.15) is 0 Å². The van der Waals surface area contributed by atoms with E-state index in [1.807, 2.05) is 0 Å². The lowest BCUT2D eigenvalue weighted by atomic mass is 10.1. The Labute approximate surface area is 70.5 Å². The normalized spacial score (nSPS) is 18.2. The molecule has 0 unspecified atom stereocenters. The molecule has 0 aromatic heterocycles. The van der Waals surface area contributed by atoms with E-state index in [4.69, 9.17) is 0 Å². The van der Waals surface area contributed by atoms with E-state index in [0.717, 1.165) is 0 Å². The van der Waals surface area contributed by atoms with Crippen LogP contribution in [0.25, 0.3) is 0 Å². The van der Waals surface area contributed by atoms with Crippen molar-refractivity contribution in [3.8, 4) is 0 Å². The Morgan fingerprint density at radius 3 is 2.67 bits per heavy atom. The molecule has 0 bridgehead atoms. The molecule has 0 radical (unpaired) electrons. The van der Waals surface area contributed by atoms with Gasteiger partial charge in [-0.3, -0.25) is 19.3 Å². The van der Waals surface area contributed by atoms with Crippen molar-refractivity contribution in [2.75, 3.05) is 6.54 Å². The second-order valence-corrected chi connectivity index (χ2v) is 2.76. The first-order chi connectivity index (χ1) is 5.65. The standard InChI is InChI=1S/C8H11NO3/c1-2-7(11)9-4-3-6(10)5-8(9)12/h2-5H2,1H3. The van der Waals surface area contributed by atoms with Gasteiger partial charge in [0.15, 0.2) is 0 Å². The topological polar surface area (TPSA) is 54.5 Å². The maximum Gasteiger partial charge on any atom is 0.236 e. The largest absolute Gasteiger partial charge is 0.299 e. The van der Waals surface area contributed by atoms with Crippen LogP contribution in [-0.2, 0) is 14.4 Å². The number of amides is 2. The van der Waals surface area contributed by atoms with Crippen LogP contribution >= 0.6 is 0 Å². The highest BCUT2D eigenvalue weighted by Gasteiger charge is 2.27. The molecular formula is C8H11NO3. The van der Waals surface area contributed by atoms with E-state index in [-0.39, 0.29) is 30.6 Å². The Kier molecular flexibility index (Phi) is 2.58. The summed E-state index contributed by atoms with van der Waals surface area (Å²) in [5.41, 5.74) is 0. The third kappa shape index (κ3) is 1.69. The van der Waals surface area contributed by atoms with E-state index in [0.29, 0.717) is 12.8 Å². The van der Waals surface area contributed by atoms with Gasteiger partial charge < -0.3 is 0 Å². The Morgan fingerprint density at radius 2 is 2.17 bits per heavy atom. The number of nitrogens with zero attached hydrogens (tertiary/aromatic N) is 1. The minimum absolute atomic E-state index is 0.0693. The Bertz CT molecular complexity index is 234. The third-order valence-corrected chi connectivity index (χ3v) is 1.87. The van der Waals surface area contributed by atoms with Gasteiger partial charge in [0.05, 0.1) is 6.42 Å². The van der Waals surface area contributed by atoms with Gasteiger partial charge in [-0.1, -0.05) is 6.92 Å². The van der Waals surface area contributed by atoms with Crippen molar-refractivity contribution in [2.45, 2.75) is 26.2 Å². The van der Waals surface area contributed by atoms with E-state index in [1.165, 1.54) is 4.90 Å². The molecule has 1 rings (SSSR count). The molecular weight excluding hydrogens is 158 g/mol. The molecule has 2 amide bonds. The molecule has 0 spiro atoms. The quantitative estimate of drug-likeness (QED) is 0.524. The Hall–Kier alpha value is -1.19. The maximum atomic E-state index is 11.1. The lowest BCUT2D eigenvalue weighted by molar-refractivity contribution is -0.148. The van der Waals surface area contributed by atoms with E-state index >= 15 is 0 Å². The average Bonchev–Trinajstić information content (AvgIpc) is 2.03. The molecule has 0 aliphatic carbocycles. The molecule has 4 nitrogen and oxygen atoms in total. The summed E-state index contributed by atoms with van der Waals surface area (Å²) in [6.07, 6.45) is 0.531. The minimum Gasteiger partial charge on any atom is -0.299 e. The van der Waals surface area contributed by atoms with Gasteiger partial charge >= 0.3 is 0 Å². The summed E-state index contributed by atoms with van der Waals surface area (Å²) in [5, 5.41) is 0. The van der Waals surface area contributed by atoms with Crippen LogP contribution < -0.4 is 0 Å². The first kappa shape index (κ1) is 8.90.